The van der Waals surface area contributed by atoms with Gasteiger partial charge in [-0.2, -0.15) is 10.4 Å². The number of nitriles is 1. The molecule has 0 radical (unpaired) electrons. The molecule has 8 nitrogen and oxygen atoms in total. The van der Waals surface area contributed by atoms with Crippen molar-refractivity contribution in [3.8, 4) is 11.9 Å². The maximum atomic E-state index is 10.0. The number of anilines is 1. The molecule has 0 aliphatic carbocycles. The molecule has 0 amide bonds. The molecule has 0 saturated carbocycles. The third-order valence-corrected chi connectivity index (χ3v) is 4.49. The van der Waals surface area contributed by atoms with Crippen LogP contribution in [0, 0.1) is 11.3 Å². The molecule has 2 aromatic rings. The van der Waals surface area contributed by atoms with Gasteiger partial charge in [0.2, 0.25) is 0 Å². The van der Waals surface area contributed by atoms with Crippen molar-refractivity contribution in [3.63, 3.8) is 0 Å². The molecule has 1 saturated heterocycles. The van der Waals surface area contributed by atoms with Crippen LogP contribution in [0.15, 0.2) is 23.1 Å². The van der Waals surface area contributed by atoms with E-state index < -0.39 is 0 Å². The van der Waals surface area contributed by atoms with E-state index in [9.17, 15) is 5.11 Å². The second-order valence-electron chi connectivity index (χ2n) is 6.07. The lowest BCUT2D eigenvalue weighted by atomic mass is 10.2. The third-order valence-electron chi connectivity index (χ3n) is 3.91. The minimum atomic E-state index is -0.364. The van der Waals surface area contributed by atoms with Crippen LogP contribution in [0.2, 0.25) is 0 Å². The van der Waals surface area contributed by atoms with Gasteiger partial charge in [0.05, 0.1) is 10.6 Å². The molecule has 1 N–H and O–H groups in total. The fraction of sp³-hybridized carbons (Fsp3) is 0.467. The minimum absolute atomic E-state index is 0.191. The molecular weight excluding hydrogens is 374 g/mol. The second-order valence-corrected chi connectivity index (χ2v) is 6.93. The van der Waals surface area contributed by atoms with E-state index in [-0.39, 0.29) is 12.1 Å². The molecule has 0 spiro atoms. The van der Waals surface area contributed by atoms with Crippen LogP contribution in [-0.2, 0) is 0 Å². The van der Waals surface area contributed by atoms with Gasteiger partial charge in [-0.15, -0.1) is 0 Å². The summed E-state index contributed by atoms with van der Waals surface area (Å²) in [4.78, 5) is 12.8. The Morgan fingerprint density at radius 1 is 1.42 bits per heavy atom. The zero-order valence-corrected chi connectivity index (χ0v) is 15.0. The predicted octanol–water partition coefficient (Wildman–Crippen LogP) is 0.798. The van der Waals surface area contributed by atoms with Gasteiger partial charge >= 0.3 is 0 Å². The SMILES string of the molecule is CN(C)C[C@H]1C[C@@H](O)CN1c1cc(-n2cc(Br)c(C#N)n2)ncn1. The molecule has 1 fully saturated rings. The van der Waals surface area contributed by atoms with Gasteiger partial charge < -0.3 is 14.9 Å². The first-order chi connectivity index (χ1) is 11.5. The van der Waals surface area contributed by atoms with Crippen molar-refractivity contribution in [2.45, 2.75) is 18.6 Å². The zero-order chi connectivity index (χ0) is 17.3. The topological polar surface area (TPSA) is 94.1 Å². The monoisotopic (exact) mass is 391 g/mol. The van der Waals surface area contributed by atoms with Gasteiger partial charge in [0, 0.05) is 31.4 Å². The molecule has 3 rings (SSSR count). The number of β-amino-alcohol motifs (C(OH)–C–C–N with tert-alkyl or cyclic N) is 1. The van der Waals surface area contributed by atoms with Gasteiger partial charge in [-0.05, 0) is 36.4 Å². The molecule has 1 aliphatic rings. The van der Waals surface area contributed by atoms with E-state index in [0.29, 0.717) is 29.0 Å². The van der Waals surface area contributed by atoms with Gasteiger partial charge in [-0.1, -0.05) is 0 Å². The highest BCUT2D eigenvalue weighted by Crippen LogP contribution is 2.26. The van der Waals surface area contributed by atoms with Crippen LogP contribution < -0.4 is 4.90 Å². The normalized spacial score (nSPS) is 20.6. The molecule has 2 atom stereocenters. The zero-order valence-electron chi connectivity index (χ0n) is 13.5. The summed E-state index contributed by atoms with van der Waals surface area (Å²) in [5.74, 6) is 1.32. The summed E-state index contributed by atoms with van der Waals surface area (Å²) in [7, 11) is 4.03. The number of rotatable bonds is 4. The summed E-state index contributed by atoms with van der Waals surface area (Å²) in [6.45, 7) is 1.38. The third kappa shape index (κ3) is 3.40. The molecule has 0 unspecified atom stereocenters. The van der Waals surface area contributed by atoms with E-state index in [1.54, 1.807) is 10.9 Å². The summed E-state index contributed by atoms with van der Waals surface area (Å²) in [6, 6.07) is 4.03. The van der Waals surface area contributed by atoms with Crippen LogP contribution in [0.4, 0.5) is 5.82 Å². The van der Waals surface area contributed by atoms with Crippen molar-refractivity contribution in [2.75, 3.05) is 32.1 Å². The second kappa shape index (κ2) is 6.84. The maximum absolute atomic E-state index is 10.0. The van der Waals surface area contributed by atoms with E-state index in [2.05, 4.69) is 40.8 Å². The van der Waals surface area contributed by atoms with Crippen molar-refractivity contribution in [1.82, 2.24) is 24.6 Å². The van der Waals surface area contributed by atoms with Crippen molar-refractivity contribution >= 4 is 21.7 Å². The van der Waals surface area contributed by atoms with Crippen molar-refractivity contribution < 1.29 is 5.11 Å². The number of nitrogens with zero attached hydrogens (tertiary/aromatic N) is 7. The Labute approximate surface area is 148 Å². The van der Waals surface area contributed by atoms with Crippen LogP contribution in [0.3, 0.4) is 0 Å². The molecule has 24 heavy (non-hydrogen) atoms. The first-order valence-electron chi connectivity index (χ1n) is 7.55. The average molecular weight is 392 g/mol. The lowest BCUT2D eigenvalue weighted by molar-refractivity contribution is 0.191. The largest absolute Gasteiger partial charge is 0.391 e. The number of likely N-dealkylation sites (N-methyl/N-ethyl adjacent to an activating group) is 1. The predicted molar refractivity (Wildman–Crippen MR) is 91.9 cm³/mol. The lowest BCUT2D eigenvalue weighted by Gasteiger charge is -2.27. The highest BCUT2D eigenvalue weighted by Gasteiger charge is 2.32. The Morgan fingerprint density at radius 3 is 2.83 bits per heavy atom. The van der Waals surface area contributed by atoms with Crippen LogP contribution >= 0.6 is 15.9 Å². The van der Waals surface area contributed by atoms with Crippen molar-refractivity contribution in [2.24, 2.45) is 0 Å². The first-order valence-corrected chi connectivity index (χ1v) is 8.34. The molecule has 0 aromatic carbocycles. The van der Waals surface area contributed by atoms with Gasteiger partial charge in [0.15, 0.2) is 11.5 Å². The minimum Gasteiger partial charge on any atom is -0.391 e. The van der Waals surface area contributed by atoms with Gasteiger partial charge in [-0.3, -0.25) is 0 Å². The Bertz CT molecular complexity index is 769. The Hall–Kier alpha value is -2.02. The highest BCUT2D eigenvalue weighted by molar-refractivity contribution is 9.10. The van der Waals surface area contributed by atoms with E-state index in [0.717, 1.165) is 12.4 Å². The summed E-state index contributed by atoms with van der Waals surface area (Å²) in [6.07, 6.45) is 3.52. The summed E-state index contributed by atoms with van der Waals surface area (Å²) >= 11 is 3.31. The van der Waals surface area contributed by atoms with Gasteiger partial charge in [-0.25, -0.2) is 14.6 Å². The smallest absolute Gasteiger partial charge is 0.177 e. The van der Waals surface area contributed by atoms with Crippen LogP contribution in [-0.4, -0.2) is 69.1 Å². The number of hydrogen-bond donors (Lipinski definition) is 1. The molecule has 9 heteroatoms. The van der Waals surface area contributed by atoms with Crippen molar-refractivity contribution in [1.29, 1.82) is 5.26 Å². The van der Waals surface area contributed by atoms with E-state index in [1.165, 1.54) is 6.33 Å². The Balaban J connectivity index is 1.90. The van der Waals surface area contributed by atoms with Crippen LogP contribution in [0.1, 0.15) is 12.1 Å². The molecule has 1 aliphatic heterocycles. The van der Waals surface area contributed by atoms with Crippen LogP contribution in [0.25, 0.3) is 5.82 Å². The summed E-state index contributed by atoms with van der Waals surface area (Å²) in [5, 5.41) is 23.3. The fourth-order valence-electron chi connectivity index (χ4n) is 2.93. The Morgan fingerprint density at radius 2 is 2.17 bits per heavy atom. The standard InChI is InChI=1S/C15H18BrN7O/c1-21(2)6-10-3-11(24)7-22(10)14-4-15(19-9-18-14)23-8-12(16)13(5-17)20-23/h4,8-11,24H,3,6-7H2,1-2H3/t10-,11-/m1/s1. The summed E-state index contributed by atoms with van der Waals surface area (Å²) < 4.78 is 2.16. The summed E-state index contributed by atoms with van der Waals surface area (Å²) in [5.41, 5.74) is 0.303. The van der Waals surface area contributed by atoms with Gasteiger partial charge in [0.1, 0.15) is 18.2 Å². The van der Waals surface area contributed by atoms with E-state index >= 15 is 0 Å². The number of aromatic nitrogens is 4. The lowest BCUT2D eigenvalue weighted by Crippen LogP contribution is -2.38. The number of aliphatic hydroxyl groups excluding tert-OH is 1. The number of aliphatic hydroxyl groups is 1. The highest BCUT2D eigenvalue weighted by atomic mass is 79.9. The average Bonchev–Trinajstić information content (AvgIpc) is 3.09. The van der Waals surface area contributed by atoms with Gasteiger partial charge in [0.25, 0.3) is 0 Å². The first kappa shape index (κ1) is 16.8. The number of hydrogen-bond acceptors (Lipinski definition) is 7. The molecule has 2 aromatic heterocycles. The maximum Gasteiger partial charge on any atom is 0.177 e. The molecule has 3 heterocycles. The van der Waals surface area contributed by atoms with E-state index in [1.807, 2.05) is 26.2 Å². The molecular formula is C15H18BrN7O. The van der Waals surface area contributed by atoms with E-state index in [4.69, 9.17) is 5.26 Å². The number of halogens is 1. The fourth-order valence-corrected chi connectivity index (χ4v) is 3.29. The quantitative estimate of drug-likeness (QED) is 0.823. The molecule has 126 valence electrons. The van der Waals surface area contributed by atoms with Crippen molar-refractivity contribution in [3.05, 3.63) is 28.8 Å². The molecule has 0 bridgehead atoms. The Kier molecular flexibility index (Phi) is 4.80. The van der Waals surface area contributed by atoms with Crippen LogP contribution in [0.5, 0.6) is 0 Å².